The Kier molecular flexibility index (Phi) is 4.41. The summed E-state index contributed by atoms with van der Waals surface area (Å²) in [5.41, 5.74) is 0.681. The van der Waals surface area contributed by atoms with Crippen LogP contribution < -0.4 is 10.1 Å². The van der Waals surface area contributed by atoms with Crippen molar-refractivity contribution >= 4 is 27.5 Å². The fourth-order valence-corrected chi connectivity index (χ4v) is 1.89. The normalized spacial score (nSPS) is 9.95. The molecule has 4 nitrogen and oxygen atoms in total. The molecule has 98 valence electrons. The lowest BCUT2D eigenvalue weighted by Crippen LogP contribution is -2.20. The summed E-state index contributed by atoms with van der Waals surface area (Å²) in [6, 6.07) is 13.8. The number of phenolic OH excluding ortho intramolecular Hbond substituents is 1. The highest BCUT2D eigenvalue weighted by Gasteiger charge is 2.06. The second kappa shape index (κ2) is 6.24. The molecule has 0 fully saturated rings. The average Bonchev–Trinajstić information content (AvgIpc) is 2.38. The number of hydrogen-bond acceptors (Lipinski definition) is 3. The number of aromatic hydroxyl groups is 1. The van der Waals surface area contributed by atoms with Crippen molar-refractivity contribution in [2.24, 2.45) is 0 Å². The maximum absolute atomic E-state index is 11.7. The number of phenols is 1. The number of anilines is 1. The molecule has 0 aliphatic rings. The molecular weight excluding hydrogens is 310 g/mol. The van der Waals surface area contributed by atoms with E-state index < -0.39 is 0 Å². The van der Waals surface area contributed by atoms with Gasteiger partial charge in [0.1, 0.15) is 0 Å². The minimum atomic E-state index is -0.290. The van der Waals surface area contributed by atoms with E-state index in [0.717, 1.165) is 4.47 Å². The van der Waals surface area contributed by atoms with Gasteiger partial charge in [-0.2, -0.15) is 0 Å². The molecule has 0 aliphatic heterocycles. The third-order valence-electron chi connectivity index (χ3n) is 2.33. The van der Waals surface area contributed by atoms with Crippen LogP contribution in [-0.2, 0) is 4.79 Å². The SMILES string of the molecule is O=C(COc1ccccc1O)Nc1cccc(Br)c1. The summed E-state index contributed by atoms with van der Waals surface area (Å²) >= 11 is 3.32. The van der Waals surface area contributed by atoms with Gasteiger partial charge in [-0.05, 0) is 30.3 Å². The van der Waals surface area contributed by atoms with Crippen LogP contribution in [0.4, 0.5) is 5.69 Å². The Bertz CT molecular complexity index is 586. The fourth-order valence-electron chi connectivity index (χ4n) is 1.49. The van der Waals surface area contributed by atoms with Crippen LogP contribution in [0.15, 0.2) is 53.0 Å². The Balaban J connectivity index is 1.90. The van der Waals surface area contributed by atoms with Crippen molar-refractivity contribution in [1.82, 2.24) is 0 Å². The van der Waals surface area contributed by atoms with Gasteiger partial charge in [0.25, 0.3) is 5.91 Å². The van der Waals surface area contributed by atoms with E-state index >= 15 is 0 Å². The quantitative estimate of drug-likeness (QED) is 0.909. The molecule has 0 spiro atoms. The Morgan fingerprint density at radius 3 is 2.74 bits per heavy atom. The van der Waals surface area contributed by atoms with Crippen LogP contribution in [0.3, 0.4) is 0 Å². The van der Waals surface area contributed by atoms with E-state index in [0.29, 0.717) is 5.69 Å². The molecule has 5 heteroatoms. The fraction of sp³-hybridized carbons (Fsp3) is 0.0714. The summed E-state index contributed by atoms with van der Waals surface area (Å²) in [4.78, 5) is 11.7. The lowest BCUT2D eigenvalue weighted by Gasteiger charge is -2.08. The van der Waals surface area contributed by atoms with Crippen LogP contribution in [0, 0.1) is 0 Å². The van der Waals surface area contributed by atoms with Crippen LogP contribution in [0.25, 0.3) is 0 Å². The highest BCUT2D eigenvalue weighted by atomic mass is 79.9. The third kappa shape index (κ3) is 3.99. The Labute approximate surface area is 119 Å². The Hall–Kier alpha value is -2.01. The largest absolute Gasteiger partial charge is 0.504 e. The molecule has 0 atom stereocenters. The maximum atomic E-state index is 11.7. The van der Waals surface area contributed by atoms with E-state index in [2.05, 4.69) is 21.2 Å². The second-order valence-corrected chi connectivity index (χ2v) is 4.73. The number of halogens is 1. The Morgan fingerprint density at radius 2 is 2.00 bits per heavy atom. The van der Waals surface area contributed by atoms with Crippen LogP contribution >= 0.6 is 15.9 Å². The summed E-state index contributed by atoms with van der Waals surface area (Å²) in [6.07, 6.45) is 0. The molecule has 0 radical (unpaired) electrons. The number of rotatable bonds is 4. The molecule has 19 heavy (non-hydrogen) atoms. The molecule has 0 bridgehead atoms. The van der Waals surface area contributed by atoms with Gasteiger partial charge in [-0.15, -0.1) is 0 Å². The first-order chi connectivity index (χ1) is 9.15. The highest BCUT2D eigenvalue weighted by Crippen LogP contribution is 2.24. The van der Waals surface area contributed by atoms with Gasteiger partial charge < -0.3 is 15.2 Å². The zero-order valence-corrected chi connectivity index (χ0v) is 11.6. The van der Waals surface area contributed by atoms with Gasteiger partial charge in [0.05, 0.1) is 0 Å². The van der Waals surface area contributed by atoms with Crippen molar-refractivity contribution in [2.45, 2.75) is 0 Å². The van der Waals surface area contributed by atoms with Crippen molar-refractivity contribution in [3.8, 4) is 11.5 Å². The molecule has 1 amide bonds. The highest BCUT2D eigenvalue weighted by molar-refractivity contribution is 9.10. The molecule has 2 aromatic rings. The standard InChI is InChI=1S/C14H12BrNO3/c15-10-4-3-5-11(8-10)16-14(18)9-19-13-7-2-1-6-12(13)17/h1-8,17H,9H2,(H,16,18). The number of amides is 1. The van der Waals surface area contributed by atoms with Gasteiger partial charge in [0.2, 0.25) is 0 Å². The van der Waals surface area contributed by atoms with E-state index in [4.69, 9.17) is 4.74 Å². The molecular formula is C14H12BrNO3. The molecule has 0 heterocycles. The van der Waals surface area contributed by atoms with Crippen LogP contribution in [0.2, 0.25) is 0 Å². The third-order valence-corrected chi connectivity index (χ3v) is 2.83. The first-order valence-electron chi connectivity index (χ1n) is 5.61. The monoisotopic (exact) mass is 321 g/mol. The zero-order valence-electron chi connectivity index (χ0n) is 9.97. The maximum Gasteiger partial charge on any atom is 0.262 e. The van der Waals surface area contributed by atoms with Gasteiger partial charge in [0, 0.05) is 10.2 Å². The first kappa shape index (κ1) is 13.4. The predicted molar refractivity (Wildman–Crippen MR) is 76.4 cm³/mol. The van der Waals surface area contributed by atoms with Gasteiger partial charge in [-0.1, -0.05) is 34.1 Å². The molecule has 0 saturated carbocycles. The molecule has 0 aromatic heterocycles. The summed E-state index contributed by atoms with van der Waals surface area (Å²) in [5, 5.41) is 12.2. The number of hydrogen-bond donors (Lipinski definition) is 2. The summed E-state index contributed by atoms with van der Waals surface area (Å²) in [7, 11) is 0. The number of ether oxygens (including phenoxy) is 1. The van der Waals surface area contributed by atoms with E-state index in [9.17, 15) is 9.90 Å². The van der Waals surface area contributed by atoms with Crippen molar-refractivity contribution in [1.29, 1.82) is 0 Å². The van der Waals surface area contributed by atoms with Gasteiger partial charge in [-0.3, -0.25) is 4.79 Å². The van der Waals surface area contributed by atoms with Crippen LogP contribution in [0.1, 0.15) is 0 Å². The predicted octanol–water partition coefficient (Wildman–Crippen LogP) is 3.17. The zero-order chi connectivity index (χ0) is 13.7. The van der Waals surface area contributed by atoms with Crippen molar-refractivity contribution in [2.75, 3.05) is 11.9 Å². The number of para-hydroxylation sites is 2. The average molecular weight is 322 g/mol. The lowest BCUT2D eigenvalue weighted by molar-refractivity contribution is -0.118. The van der Waals surface area contributed by atoms with Crippen molar-refractivity contribution in [3.05, 3.63) is 53.0 Å². The van der Waals surface area contributed by atoms with Crippen molar-refractivity contribution in [3.63, 3.8) is 0 Å². The summed E-state index contributed by atoms with van der Waals surface area (Å²) in [6.45, 7) is -0.163. The number of carbonyl (C=O) groups is 1. The minimum Gasteiger partial charge on any atom is -0.504 e. The van der Waals surface area contributed by atoms with Gasteiger partial charge in [0.15, 0.2) is 18.1 Å². The molecule has 2 N–H and O–H groups in total. The summed E-state index contributed by atoms with van der Waals surface area (Å²) < 4.78 is 6.11. The molecule has 0 saturated heterocycles. The van der Waals surface area contributed by atoms with Crippen molar-refractivity contribution < 1.29 is 14.6 Å². The summed E-state index contributed by atoms with van der Waals surface area (Å²) in [5.74, 6) is 0.00556. The number of carbonyl (C=O) groups excluding carboxylic acids is 1. The van der Waals surface area contributed by atoms with Gasteiger partial charge in [-0.25, -0.2) is 0 Å². The van der Waals surface area contributed by atoms with E-state index in [1.165, 1.54) is 6.07 Å². The topological polar surface area (TPSA) is 58.6 Å². The van der Waals surface area contributed by atoms with Gasteiger partial charge >= 0.3 is 0 Å². The van der Waals surface area contributed by atoms with E-state index in [-0.39, 0.29) is 24.0 Å². The molecule has 0 unspecified atom stereocenters. The lowest BCUT2D eigenvalue weighted by atomic mass is 10.3. The van der Waals surface area contributed by atoms with Crippen LogP contribution in [0.5, 0.6) is 11.5 Å². The number of benzene rings is 2. The number of nitrogens with one attached hydrogen (secondary N) is 1. The molecule has 2 aromatic carbocycles. The first-order valence-corrected chi connectivity index (χ1v) is 6.40. The second-order valence-electron chi connectivity index (χ2n) is 3.81. The molecule has 2 rings (SSSR count). The van der Waals surface area contributed by atoms with E-state index in [1.807, 2.05) is 12.1 Å². The van der Waals surface area contributed by atoms with E-state index in [1.54, 1.807) is 30.3 Å². The van der Waals surface area contributed by atoms with Crippen LogP contribution in [-0.4, -0.2) is 17.6 Å². The molecule has 0 aliphatic carbocycles. The minimum absolute atomic E-state index is 0.0118. The smallest absolute Gasteiger partial charge is 0.262 e. The Morgan fingerprint density at radius 1 is 1.21 bits per heavy atom.